The van der Waals surface area contributed by atoms with Gasteiger partial charge in [-0.25, -0.2) is 8.42 Å². The number of hydrogen-bond acceptors (Lipinski definition) is 12. The third kappa shape index (κ3) is 10.1. The van der Waals surface area contributed by atoms with E-state index in [0.29, 0.717) is 56.8 Å². The van der Waals surface area contributed by atoms with Crippen LogP contribution in [0.1, 0.15) is 95.8 Å². The number of para-hydroxylation sites is 2. The van der Waals surface area contributed by atoms with Crippen LogP contribution in [-0.4, -0.2) is 68.1 Å². The average Bonchev–Trinajstić information content (AvgIpc) is 3.98. The Morgan fingerprint density at radius 1 is 0.746 bits per heavy atom. The van der Waals surface area contributed by atoms with Crippen LogP contribution < -0.4 is 15.1 Å². The van der Waals surface area contributed by atoms with Crippen molar-refractivity contribution >= 4 is 55.1 Å². The van der Waals surface area contributed by atoms with E-state index in [1.165, 1.54) is 9.54 Å². The van der Waals surface area contributed by atoms with Crippen molar-refractivity contribution < 1.29 is 40.0 Å². The summed E-state index contributed by atoms with van der Waals surface area (Å²) in [6.45, 7) is 12.4. The number of unbranched alkanes of at least 4 members (excludes halogenated alkanes) is 2. The molecule has 1 saturated carbocycles. The summed E-state index contributed by atoms with van der Waals surface area (Å²) < 4.78 is 68.5. The van der Waals surface area contributed by atoms with E-state index in [-0.39, 0.29) is 22.1 Å². The van der Waals surface area contributed by atoms with Gasteiger partial charge in [0.05, 0.1) is 16.5 Å². The summed E-state index contributed by atoms with van der Waals surface area (Å²) in [5.41, 5.74) is 9.87. The lowest BCUT2D eigenvalue weighted by molar-refractivity contribution is -0.777. The molecule has 15 heteroatoms. The maximum absolute atomic E-state index is 14.1. The molecule has 0 bridgehead atoms. The van der Waals surface area contributed by atoms with Gasteiger partial charge < -0.3 is 19.6 Å². The molecule has 0 spiro atoms. The van der Waals surface area contributed by atoms with E-state index >= 15 is 0 Å². The zero-order valence-corrected chi connectivity index (χ0v) is 39.2. The Morgan fingerprint density at radius 3 is 1.83 bits per heavy atom. The highest BCUT2D eigenvalue weighted by atomic mass is 32.2. The first-order valence-electron chi connectivity index (χ1n) is 21.7. The fourth-order valence-corrected chi connectivity index (χ4v) is 11.8. The highest BCUT2D eigenvalue weighted by Crippen LogP contribution is 2.49. The normalized spacial score (nSPS) is 21.5. The van der Waals surface area contributed by atoms with Gasteiger partial charge in [0.2, 0.25) is 0 Å². The fourth-order valence-electron chi connectivity index (χ4n) is 9.31. The van der Waals surface area contributed by atoms with Crippen molar-refractivity contribution in [2.24, 2.45) is 4.99 Å². The van der Waals surface area contributed by atoms with Crippen LogP contribution in [0.25, 0.3) is 0 Å². The number of nitrogens with zero attached hydrogens (tertiary/aromatic N) is 4. The summed E-state index contributed by atoms with van der Waals surface area (Å²) in [6, 6.07) is 23.6. The fraction of sp³-hybridized carbons (Fsp3) is 0.417. The van der Waals surface area contributed by atoms with Crippen molar-refractivity contribution in [3.8, 4) is 0 Å². The largest absolute Gasteiger partial charge is 0.748 e. The zero-order valence-electron chi connectivity index (χ0n) is 36.7. The van der Waals surface area contributed by atoms with Gasteiger partial charge in [-0.15, -0.1) is 3.98 Å². The molecule has 0 aromatic heterocycles. The number of rotatable bonds is 16. The molecule has 4 aliphatic rings. The second-order valence-corrected chi connectivity index (χ2v) is 21.7. The number of sulfonamides is 1. The molecule has 3 aliphatic heterocycles. The molecule has 1 fully saturated rings. The molecule has 12 nitrogen and oxygen atoms in total. The molecule has 0 saturated heterocycles. The van der Waals surface area contributed by atoms with Gasteiger partial charge >= 0.3 is 15.9 Å². The van der Waals surface area contributed by atoms with Crippen LogP contribution in [0.2, 0.25) is 0 Å². The lowest BCUT2D eigenvalue weighted by Crippen LogP contribution is -2.27. The highest BCUT2D eigenvalue weighted by molar-refractivity contribution is 7.94. The zero-order chi connectivity index (χ0) is 45.0. The molecule has 0 unspecified atom stereocenters. The molecular weight excluding hydrogens is 857 g/mol. The van der Waals surface area contributed by atoms with Crippen molar-refractivity contribution in [3.63, 3.8) is 0 Å². The minimum absolute atomic E-state index is 0.240. The lowest BCUT2D eigenvalue weighted by Gasteiger charge is -2.27. The Balaban J connectivity index is 1.30. The molecule has 3 aromatic rings. The lowest BCUT2D eigenvalue weighted by atomic mass is 9.83. The number of hydrogen-bond donors (Lipinski definition) is 0. The third-order valence-electron chi connectivity index (χ3n) is 12.6. The average molecular weight is 914 g/mol. The summed E-state index contributed by atoms with van der Waals surface area (Å²) in [6.07, 6.45) is 13.7. The molecule has 336 valence electrons. The van der Waals surface area contributed by atoms with E-state index in [1.807, 2.05) is 31.2 Å². The molecule has 1 aliphatic carbocycles. The Kier molecular flexibility index (Phi) is 14.4. The predicted molar refractivity (Wildman–Crippen MR) is 248 cm³/mol. The minimum atomic E-state index is -4.31. The Hall–Kier alpha value is -4.35. The number of anilines is 2. The second kappa shape index (κ2) is 19.4. The Bertz CT molecular complexity index is 2610. The van der Waals surface area contributed by atoms with Gasteiger partial charge in [0.15, 0.2) is 5.71 Å². The van der Waals surface area contributed by atoms with Crippen molar-refractivity contribution in [3.05, 3.63) is 136 Å². The van der Waals surface area contributed by atoms with Crippen LogP contribution in [0.3, 0.4) is 0 Å². The van der Waals surface area contributed by atoms with E-state index in [0.717, 1.165) is 82.2 Å². The van der Waals surface area contributed by atoms with Crippen LogP contribution in [0, 0.1) is 6.92 Å². The van der Waals surface area contributed by atoms with Gasteiger partial charge in [0, 0.05) is 81.4 Å². The molecule has 63 heavy (non-hydrogen) atoms. The monoisotopic (exact) mass is 913 g/mol. The molecular formula is C48H57N4O8S3-. The van der Waals surface area contributed by atoms with E-state index < -0.39 is 25.9 Å². The van der Waals surface area contributed by atoms with E-state index in [4.69, 9.17) is 4.99 Å². The summed E-state index contributed by atoms with van der Waals surface area (Å²) in [4.78, 5) is 10.1. The smallest absolute Gasteiger partial charge is 0.330 e. The van der Waals surface area contributed by atoms with Crippen molar-refractivity contribution in [2.75, 3.05) is 40.9 Å². The number of aryl methyl sites for hydroxylation is 1. The first-order chi connectivity index (χ1) is 30.0. The molecule has 0 radical (unpaired) electrons. The van der Waals surface area contributed by atoms with Crippen LogP contribution in [-0.2, 0) is 40.3 Å². The number of amidine groups is 1. The maximum atomic E-state index is 14.1. The van der Waals surface area contributed by atoms with Gasteiger partial charge in [-0.05, 0) is 104 Å². The number of allylic oxidation sites excluding steroid dienone is 8. The quantitative estimate of drug-likeness (QED) is 0.0340. The molecule has 0 atom stereocenters. The first kappa shape index (κ1) is 46.6. The minimum Gasteiger partial charge on any atom is -0.748 e. The van der Waals surface area contributed by atoms with Crippen molar-refractivity contribution in [1.82, 2.24) is 0 Å². The summed E-state index contributed by atoms with van der Waals surface area (Å²) in [7, 11) is -8.16. The first-order valence-corrected chi connectivity index (χ1v) is 25.6. The Labute approximate surface area is 377 Å². The standard InChI is InChI=1S/C48H58N4O8S3/c1-35-20-26-38(27-21-35)63(57,58)52-32-14-19-45(52)49-46-36(24-28-43-47(2,3)39-15-6-8-17-41(39)50(43)30-10-12-33-61-60-59-53)22-23-37(46)25-29-44-48(4,5)40-16-7-9-18-42(40)51(44)31-11-13-34-62(54,55)56/h6-9,15-18,20-21,24-29H,10-14,19,22-23,30-34H2,1-5H3,(H-,53,54,55,56)/p-1. The van der Waals surface area contributed by atoms with E-state index in [1.54, 1.807) is 12.1 Å². The van der Waals surface area contributed by atoms with Crippen LogP contribution >= 0.6 is 12.0 Å². The topological polar surface area (TPSA) is 155 Å². The van der Waals surface area contributed by atoms with E-state index in [9.17, 15) is 26.6 Å². The molecule has 7 rings (SSSR count). The van der Waals surface area contributed by atoms with Gasteiger partial charge in [-0.3, -0.25) is 5.04 Å². The summed E-state index contributed by atoms with van der Waals surface area (Å²) >= 11 is 1.00. The van der Waals surface area contributed by atoms with Crippen LogP contribution in [0.5, 0.6) is 0 Å². The molecule has 0 amide bonds. The molecule has 3 aromatic carbocycles. The van der Waals surface area contributed by atoms with Crippen molar-refractivity contribution in [2.45, 2.75) is 102 Å². The highest BCUT2D eigenvalue weighted by Gasteiger charge is 2.41. The van der Waals surface area contributed by atoms with E-state index in [2.05, 4.69) is 108 Å². The van der Waals surface area contributed by atoms with Gasteiger partial charge in [0.1, 0.15) is 11.4 Å². The van der Waals surface area contributed by atoms with Crippen LogP contribution in [0.4, 0.5) is 11.4 Å². The predicted octanol–water partition coefficient (Wildman–Crippen LogP) is 8.32. The van der Waals surface area contributed by atoms with Gasteiger partial charge in [-0.2, -0.15) is 12.8 Å². The van der Waals surface area contributed by atoms with Crippen LogP contribution in [0.15, 0.2) is 130 Å². The third-order valence-corrected chi connectivity index (χ3v) is 15.9. The molecule has 0 N–H and O–H groups in total. The number of benzene rings is 3. The number of fused-ring (bicyclic) bond motifs is 2. The van der Waals surface area contributed by atoms with Crippen molar-refractivity contribution in [1.29, 1.82) is 0 Å². The molecule has 3 heterocycles. The van der Waals surface area contributed by atoms with Gasteiger partial charge in [0.25, 0.3) is 0 Å². The summed E-state index contributed by atoms with van der Waals surface area (Å²) in [5.74, 6) is 0.745. The maximum Gasteiger partial charge on any atom is 0.330 e. The SMILES string of the molecule is Cc1ccc(S(=O)(=O)[N+]2=C(N=C3/C(=C/C=C4/N(CCCCSOO[O-])c5ccccc5C4(C)C)CC/C3=C\C=C3\N(CCCCS(=O)(=O)[O-])c4ccccc4C3(C)C)CCC2)cc1. The van der Waals surface area contributed by atoms with Gasteiger partial charge in [-0.1, -0.05) is 93.9 Å². The second-order valence-electron chi connectivity index (χ2n) is 17.6. The number of aliphatic imine (C=N–C) groups is 1. The Morgan fingerprint density at radius 2 is 1.29 bits per heavy atom. The summed E-state index contributed by atoms with van der Waals surface area (Å²) in [5, 5.41) is 13.8.